The molecular formula is C13H18ClN3OS. The summed E-state index contributed by atoms with van der Waals surface area (Å²) in [4.78, 5) is 5.23. The number of rotatable bonds is 6. The number of likely N-dealkylation sites (N-methyl/N-ethyl adjacent to an activating group) is 1. The summed E-state index contributed by atoms with van der Waals surface area (Å²) < 4.78 is 8.30. The first-order valence-corrected chi connectivity index (χ1v) is 6.97. The van der Waals surface area contributed by atoms with Crippen LogP contribution in [0.1, 0.15) is 0 Å². The highest BCUT2D eigenvalue weighted by Crippen LogP contribution is 2.22. The number of para-hydroxylation sites is 1. The monoisotopic (exact) mass is 299 g/mol. The Kier molecular flexibility index (Phi) is 4.99. The van der Waals surface area contributed by atoms with Crippen LogP contribution in [0.4, 0.5) is 0 Å². The molecule has 1 aromatic carbocycles. The van der Waals surface area contributed by atoms with Crippen molar-refractivity contribution in [3.8, 4) is 0 Å². The number of fused-ring (bicyclic) bond motifs is 1. The van der Waals surface area contributed by atoms with Crippen molar-refractivity contribution in [2.75, 3.05) is 33.9 Å². The van der Waals surface area contributed by atoms with Gasteiger partial charge in [0.25, 0.3) is 0 Å². The molecule has 0 amide bonds. The van der Waals surface area contributed by atoms with Crippen molar-refractivity contribution in [1.82, 2.24) is 14.5 Å². The van der Waals surface area contributed by atoms with E-state index in [4.69, 9.17) is 28.6 Å². The van der Waals surface area contributed by atoms with E-state index in [2.05, 4.69) is 9.88 Å². The molecule has 1 N–H and O–H groups in total. The third kappa shape index (κ3) is 3.57. The summed E-state index contributed by atoms with van der Waals surface area (Å²) >= 11 is 11.5. The van der Waals surface area contributed by atoms with Gasteiger partial charge >= 0.3 is 0 Å². The Bertz CT molecular complexity index is 605. The molecule has 4 nitrogen and oxygen atoms in total. The molecule has 0 aliphatic carbocycles. The third-order valence-electron chi connectivity index (χ3n) is 2.90. The highest BCUT2D eigenvalue weighted by Gasteiger charge is 2.06. The zero-order valence-electron chi connectivity index (χ0n) is 11.1. The lowest BCUT2D eigenvalue weighted by Gasteiger charge is -2.10. The van der Waals surface area contributed by atoms with Crippen LogP contribution in [0.15, 0.2) is 18.2 Å². The summed E-state index contributed by atoms with van der Waals surface area (Å²) in [5, 5.41) is 0.691. The molecule has 0 radical (unpaired) electrons. The van der Waals surface area contributed by atoms with Gasteiger partial charge in [-0.05, 0) is 38.4 Å². The lowest BCUT2D eigenvalue weighted by molar-refractivity contribution is 0.111. The quantitative estimate of drug-likeness (QED) is 0.658. The van der Waals surface area contributed by atoms with E-state index in [1.165, 1.54) is 0 Å². The van der Waals surface area contributed by atoms with Crippen LogP contribution in [0.5, 0.6) is 0 Å². The number of nitrogens with zero attached hydrogens (tertiary/aromatic N) is 2. The summed E-state index contributed by atoms with van der Waals surface area (Å²) in [6.45, 7) is 3.02. The molecule has 6 heteroatoms. The third-order valence-corrected chi connectivity index (χ3v) is 3.54. The molecule has 1 aromatic heterocycles. The Morgan fingerprint density at radius 3 is 2.89 bits per heavy atom. The zero-order valence-corrected chi connectivity index (χ0v) is 12.7. The summed E-state index contributed by atoms with van der Waals surface area (Å²) in [5.74, 6) is 0. The lowest BCUT2D eigenvalue weighted by atomic mass is 10.3. The number of imidazole rings is 1. The molecule has 0 saturated heterocycles. The van der Waals surface area contributed by atoms with Crippen LogP contribution in [0.2, 0.25) is 5.02 Å². The van der Waals surface area contributed by atoms with Crippen LogP contribution in [0.25, 0.3) is 11.0 Å². The van der Waals surface area contributed by atoms with Crippen LogP contribution >= 0.6 is 23.8 Å². The molecule has 104 valence electrons. The molecular weight excluding hydrogens is 282 g/mol. The van der Waals surface area contributed by atoms with Crippen molar-refractivity contribution in [3.05, 3.63) is 28.0 Å². The van der Waals surface area contributed by atoms with Crippen molar-refractivity contribution in [2.45, 2.75) is 6.54 Å². The predicted octanol–water partition coefficient (Wildman–Crippen LogP) is 2.93. The second-order valence-corrected chi connectivity index (χ2v) is 5.43. The van der Waals surface area contributed by atoms with Crippen molar-refractivity contribution in [1.29, 1.82) is 0 Å². The number of H-pyrrole nitrogens is 1. The standard InChI is InChI=1S/C13H18ClN3OS/c1-16(2)6-8-18-9-7-17-11-5-3-4-10(14)12(11)15-13(17)19/h3-5H,6-9H2,1-2H3,(H,15,19). The maximum Gasteiger partial charge on any atom is 0.178 e. The highest BCUT2D eigenvalue weighted by molar-refractivity contribution is 7.71. The van der Waals surface area contributed by atoms with Gasteiger partial charge in [0.2, 0.25) is 0 Å². The normalized spacial score (nSPS) is 11.6. The van der Waals surface area contributed by atoms with Gasteiger partial charge in [0, 0.05) is 13.1 Å². The van der Waals surface area contributed by atoms with Crippen molar-refractivity contribution in [2.24, 2.45) is 0 Å². The van der Waals surface area contributed by atoms with Crippen molar-refractivity contribution in [3.63, 3.8) is 0 Å². The first kappa shape index (κ1) is 14.5. The van der Waals surface area contributed by atoms with Crippen molar-refractivity contribution >= 4 is 34.9 Å². The van der Waals surface area contributed by atoms with Gasteiger partial charge in [-0.1, -0.05) is 17.7 Å². The largest absolute Gasteiger partial charge is 0.378 e. The Morgan fingerprint density at radius 1 is 1.37 bits per heavy atom. The van der Waals surface area contributed by atoms with E-state index in [-0.39, 0.29) is 0 Å². The van der Waals surface area contributed by atoms with Crippen LogP contribution in [0.3, 0.4) is 0 Å². The molecule has 0 atom stereocenters. The Labute approximate surface area is 122 Å². The lowest BCUT2D eigenvalue weighted by Crippen LogP contribution is -2.19. The van der Waals surface area contributed by atoms with Gasteiger partial charge in [-0.25, -0.2) is 0 Å². The Hall–Kier alpha value is -0.880. The summed E-state index contributed by atoms with van der Waals surface area (Å²) in [5.41, 5.74) is 1.91. The van der Waals surface area contributed by atoms with Crippen LogP contribution in [-0.2, 0) is 11.3 Å². The van der Waals surface area contributed by atoms with Crippen molar-refractivity contribution < 1.29 is 4.74 Å². The van der Waals surface area contributed by atoms with Crippen LogP contribution in [0, 0.1) is 4.77 Å². The van der Waals surface area contributed by atoms with E-state index in [1.54, 1.807) is 0 Å². The first-order valence-electron chi connectivity index (χ1n) is 6.19. The fourth-order valence-electron chi connectivity index (χ4n) is 1.87. The number of ether oxygens (including phenoxy) is 1. The molecule has 0 bridgehead atoms. The smallest absolute Gasteiger partial charge is 0.178 e. The maximum atomic E-state index is 6.13. The van der Waals surface area contributed by atoms with Gasteiger partial charge in [-0.3, -0.25) is 0 Å². The topological polar surface area (TPSA) is 33.2 Å². The minimum atomic E-state index is 0.640. The molecule has 2 rings (SSSR count). The number of aromatic amines is 1. The van der Waals surface area contributed by atoms with E-state index in [9.17, 15) is 0 Å². The molecule has 0 aliphatic heterocycles. The van der Waals surface area contributed by atoms with E-state index < -0.39 is 0 Å². The van der Waals surface area contributed by atoms with E-state index >= 15 is 0 Å². The van der Waals surface area contributed by atoms with Gasteiger partial charge in [-0.15, -0.1) is 0 Å². The Balaban J connectivity index is 2.03. The summed E-state index contributed by atoms with van der Waals surface area (Å²) in [6.07, 6.45) is 0. The number of nitrogens with one attached hydrogen (secondary N) is 1. The van der Waals surface area contributed by atoms with Gasteiger partial charge in [-0.2, -0.15) is 0 Å². The molecule has 0 fully saturated rings. The molecule has 0 aliphatic rings. The molecule has 0 unspecified atom stereocenters. The van der Waals surface area contributed by atoms with E-state index in [1.807, 2.05) is 36.9 Å². The SMILES string of the molecule is CN(C)CCOCCn1c(=S)[nH]c2c(Cl)cccc21. The molecule has 2 aromatic rings. The minimum Gasteiger partial charge on any atom is -0.378 e. The second kappa shape index (κ2) is 6.52. The fourth-order valence-corrected chi connectivity index (χ4v) is 2.38. The van der Waals surface area contributed by atoms with Gasteiger partial charge < -0.3 is 19.2 Å². The predicted molar refractivity (Wildman–Crippen MR) is 81.5 cm³/mol. The highest BCUT2D eigenvalue weighted by atomic mass is 35.5. The number of halogens is 1. The first-order chi connectivity index (χ1) is 9.09. The van der Waals surface area contributed by atoms with Gasteiger partial charge in [0.05, 0.1) is 29.3 Å². The average Bonchev–Trinajstić information content (AvgIpc) is 2.67. The number of aromatic nitrogens is 2. The molecule has 0 spiro atoms. The van der Waals surface area contributed by atoms with E-state index in [0.29, 0.717) is 16.4 Å². The summed E-state index contributed by atoms with van der Waals surface area (Å²) in [7, 11) is 4.06. The number of hydrogen-bond donors (Lipinski definition) is 1. The molecule has 19 heavy (non-hydrogen) atoms. The maximum absolute atomic E-state index is 6.13. The number of hydrogen-bond acceptors (Lipinski definition) is 3. The fraction of sp³-hybridized carbons (Fsp3) is 0.462. The summed E-state index contributed by atoms with van der Waals surface area (Å²) in [6, 6.07) is 5.79. The van der Waals surface area contributed by atoms with Gasteiger partial charge in [0.1, 0.15) is 0 Å². The van der Waals surface area contributed by atoms with Gasteiger partial charge in [0.15, 0.2) is 4.77 Å². The average molecular weight is 300 g/mol. The number of benzene rings is 1. The Morgan fingerprint density at radius 2 is 2.16 bits per heavy atom. The van der Waals surface area contributed by atoms with Crippen LogP contribution in [-0.4, -0.2) is 48.3 Å². The minimum absolute atomic E-state index is 0.640. The molecule has 1 heterocycles. The van der Waals surface area contributed by atoms with E-state index in [0.717, 1.165) is 30.7 Å². The second-order valence-electron chi connectivity index (χ2n) is 4.63. The zero-order chi connectivity index (χ0) is 13.8. The van der Waals surface area contributed by atoms with Crippen LogP contribution < -0.4 is 0 Å². The molecule has 0 saturated carbocycles.